The van der Waals surface area contributed by atoms with Crippen LogP contribution in [0.1, 0.15) is 33.5 Å². The van der Waals surface area contributed by atoms with Gasteiger partial charge in [0.2, 0.25) is 0 Å². The zero-order valence-electron chi connectivity index (χ0n) is 11.0. The monoisotopic (exact) mass is 265 g/mol. The fourth-order valence-electron chi connectivity index (χ4n) is 2.18. The summed E-state index contributed by atoms with van der Waals surface area (Å²) in [6.07, 6.45) is 2.50. The lowest BCUT2D eigenvalue weighted by atomic mass is 9.99. The van der Waals surface area contributed by atoms with E-state index in [-0.39, 0.29) is 0 Å². The molecule has 0 fully saturated rings. The van der Waals surface area contributed by atoms with E-state index in [9.17, 15) is 4.79 Å². The van der Waals surface area contributed by atoms with Crippen molar-refractivity contribution in [2.24, 2.45) is 0 Å². The molecular weight excluding hydrogens is 250 g/mol. The first-order valence-corrected chi connectivity index (χ1v) is 6.51. The molecule has 20 heavy (non-hydrogen) atoms. The maximum absolute atomic E-state index is 11.1. The molecule has 0 heterocycles. The summed E-state index contributed by atoms with van der Waals surface area (Å²) in [7, 11) is 0. The van der Waals surface area contributed by atoms with Crippen molar-refractivity contribution < 1.29 is 9.90 Å². The predicted molar refractivity (Wildman–Crippen MR) is 76.6 cm³/mol. The van der Waals surface area contributed by atoms with Crippen LogP contribution in [0.2, 0.25) is 0 Å². The molecule has 0 saturated carbocycles. The smallest absolute Gasteiger partial charge is 0.335 e. The van der Waals surface area contributed by atoms with Crippen molar-refractivity contribution in [3.63, 3.8) is 0 Å². The highest BCUT2D eigenvalue weighted by Crippen LogP contribution is 2.13. The molecule has 2 aromatic carbocycles. The summed E-state index contributed by atoms with van der Waals surface area (Å²) in [5.41, 5.74) is 3.07. The van der Waals surface area contributed by atoms with Gasteiger partial charge in [0.25, 0.3) is 0 Å². The number of carbonyl (C=O) groups is 1. The highest BCUT2D eigenvalue weighted by Gasteiger charge is 2.08. The minimum absolute atomic E-state index is 0.382. The van der Waals surface area contributed by atoms with Crippen LogP contribution < -0.4 is 0 Å². The van der Waals surface area contributed by atoms with Gasteiger partial charge in [0, 0.05) is 0 Å². The van der Waals surface area contributed by atoms with Gasteiger partial charge < -0.3 is 5.11 Å². The molecular formula is C17H15NO2. The number of hydrogen-bond acceptors (Lipinski definition) is 2. The van der Waals surface area contributed by atoms with Gasteiger partial charge in [0.15, 0.2) is 0 Å². The standard InChI is InChI=1S/C17H15NO2/c18-12-14-10-8-13(9-11-14)4-3-6-15-5-1-2-7-16(15)17(19)20/h1-2,5,7-11H,3-4,6H2,(H,19,20). The van der Waals surface area contributed by atoms with E-state index in [1.807, 2.05) is 24.3 Å². The number of carboxylic acid groups (broad SMARTS) is 1. The topological polar surface area (TPSA) is 61.1 Å². The molecule has 2 rings (SSSR count). The van der Waals surface area contributed by atoms with Crippen LogP contribution in [-0.2, 0) is 12.8 Å². The fraction of sp³-hybridized carbons (Fsp3) is 0.176. The maximum Gasteiger partial charge on any atom is 0.335 e. The van der Waals surface area contributed by atoms with Crippen molar-refractivity contribution in [1.82, 2.24) is 0 Å². The van der Waals surface area contributed by atoms with E-state index in [0.717, 1.165) is 30.4 Å². The summed E-state index contributed by atoms with van der Waals surface area (Å²) in [6, 6.07) is 16.7. The summed E-state index contributed by atoms with van der Waals surface area (Å²) in [4.78, 5) is 11.1. The fourth-order valence-corrected chi connectivity index (χ4v) is 2.18. The van der Waals surface area contributed by atoms with E-state index in [4.69, 9.17) is 10.4 Å². The van der Waals surface area contributed by atoms with Gasteiger partial charge in [0.05, 0.1) is 17.2 Å². The highest BCUT2D eigenvalue weighted by atomic mass is 16.4. The van der Waals surface area contributed by atoms with Gasteiger partial charge in [-0.05, 0) is 48.6 Å². The molecule has 0 radical (unpaired) electrons. The molecule has 100 valence electrons. The maximum atomic E-state index is 11.1. The molecule has 0 aliphatic carbocycles. The minimum Gasteiger partial charge on any atom is -0.478 e. The Bertz CT molecular complexity index is 639. The molecule has 0 spiro atoms. The van der Waals surface area contributed by atoms with E-state index >= 15 is 0 Å². The quantitative estimate of drug-likeness (QED) is 0.900. The lowest BCUT2D eigenvalue weighted by Crippen LogP contribution is -2.02. The number of hydrogen-bond donors (Lipinski definition) is 1. The number of nitrogens with zero attached hydrogens (tertiary/aromatic N) is 1. The van der Waals surface area contributed by atoms with Crippen molar-refractivity contribution in [2.45, 2.75) is 19.3 Å². The first kappa shape index (κ1) is 13.8. The Labute approximate surface area is 118 Å². The van der Waals surface area contributed by atoms with Crippen LogP contribution in [0.15, 0.2) is 48.5 Å². The molecule has 0 atom stereocenters. The van der Waals surface area contributed by atoms with Gasteiger partial charge in [0.1, 0.15) is 0 Å². The van der Waals surface area contributed by atoms with E-state index in [2.05, 4.69) is 6.07 Å². The van der Waals surface area contributed by atoms with Crippen LogP contribution in [0.4, 0.5) is 0 Å². The normalized spacial score (nSPS) is 9.95. The van der Waals surface area contributed by atoms with Crippen LogP contribution in [0.5, 0.6) is 0 Å². The van der Waals surface area contributed by atoms with E-state index in [0.29, 0.717) is 11.1 Å². The lowest BCUT2D eigenvalue weighted by molar-refractivity contribution is 0.0695. The molecule has 0 aliphatic rings. The lowest BCUT2D eigenvalue weighted by Gasteiger charge is -2.06. The van der Waals surface area contributed by atoms with Crippen LogP contribution in [0.25, 0.3) is 0 Å². The average molecular weight is 265 g/mol. The van der Waals surface area contributed by atoms with E-state index < -0.39 is 5.97 Å². The molecule has 1 N–H and O–H groups in total. The van der Waals surface area contributed by atoms with Crippen LogP contribution in [-0.4, -0.2) is 11.1 Å². The number of aromatic carboxylic acids is 1. The Morgan fingerprint density at radius 2 is 1.75 bits per heavy atom. The molecule has 0 aromatic heterocycles. The summed E-state index contributed by atoms with van der Waals surface area (Å²) in [6.45, 7) is 0. The number of rotatable bonds is 5. The Morgan fingerprint density at radius 3 is 2.40 bits per heavy atom. The van der Waals surface area contributed by atoms with Gasteiger partial charge in [-0.25, -0.2) is 4.79 Å². The number of aryl methyl sites for hydroxylation is 2. The Kier molecular flexibility index (Phi) is 4.52. The summed E-state index contributed by atoms with van der Waals surface area (Å²) < 4.78 is 0. The second-order valence-electron chi connectivity index (χ2n) is 4.62. The summed E-state index contributed by atoms with van der Waals surface area (Å²) >= 11 is 0. The second-order valence-corrected chi connectivity index (χ2v) is 4.62. The van der Waals surface area contributed by atoms with E-state index in [1.54, 1.807) is 24.3 Å². The molecule has 2 aromatic rings. The van der Waals surface area contributed by atoms with Gasteiger partial charge in [-0.2, -0.15) is 5.26 Å². The third-order valence-corrected chi connectivity index (χ3v) is 3.24. The van der Waals surface area contributed by atoms with Crippen molar-refractivity contribution in [3.8, 4) is 6.07 Å². The van der Waals surface area contributed by atoms with Crippen LogP contribution in [0.3, 0.4) is 0 Å². The molecule has 0 aliphatic heterocycles. The first-order chi connectivity index (χ1) is 9.70. The predicted octanol–water partition coefficient (Wildman–Crippen LogP) is 3.43. The largest absolute Gasteiger partial charge is 0.478 e. The number of benzene rings is 2. The molecule has 0 amide bonds. The molecule has 0 bridgehead atoms. The minimum atomic E-state index is -0.876. The zero-order chi connectivity index (χ0) is 14.4. The second kappa shape index (κ2) is 6.53. The molecule has 3 nitrogen and oxygen atoms in total. The Balaban J connectivity index is 1.96. The van der Waals surface area contributed by atoms with Gasteiger partial charge in [-0.15, -0.1) is 0 Å². The number of carboxylic acids is 1. The zero-order valence-corrected chi connectivity index (χ0v) is 11.0. The summed E-state index contributed by atoms with van der Waals surface area (Å²) in [5, 5.41) is 17.8. The first-order valence-electron chi connectivity index (χ1n) is 6.51. The summed E-state index contributed by atoms with van der Waals surface area (Å²) in [5.74, 6) is -0.876. The Hall–Kier alpha value is -2.60. The van der Waals surface area contributed by atoms with Crippen molar-refractivity contribution in [1.29, 1.82) is 5.26 Å². The van der Waals surface area contributed by atoms with Crippen LogP contribution >= 0.6 is 0 Å². The van der Waals surface area contributed by atoms with E-state index in [1.165, 1.54) is 0 Å². The Morgan fingerprint density at radius 1 is 1.05 bits per heavy atom. The van der Waals surface area contributed by atoms with Crippen molar-refractivity contribution in [2.75, 3.05) is 0 Å². The molecule has 0 unspecified atom stereocenters. The third-order valence-electron chi connectivity index (χ3n) is 3.24. The molecule has 0 saturated heterocycles. The van der Waals surface area contributed by atoms with Gasteiger partial charge in [-0.1, -0.05) is 30.3 Å². The number of nitriles is 1. The van der Waals surface area contributed by atoms with Gasteiger partial charge in [-0.3, -0.25) is 0 Å². The van der Waals surface area contributed by atoms with Crippen LogP contribution in [0, 0.1) is 11.3 Å². The average Bonchev–Trinajstić information content (AvgIpc) is 2.48. The SMILES string of the molecule is N#Cc1ccc(CCCc2ccccc2C(=O)O)cc1. The van der Waals surface area contributed by atoms with Gasteiger partial charge >= 0.3 is 5.97 Å². The third kappa shape index (κ3) is 3.46. The van der Waals surface area contributed by atoms with Crippen molar-refractivity contribution in [3.05, 3.63) is 70.8 Å². The highest BCUT2D eigenvalue weighted by molar-refractivity contribution is 5.89. The van der Waals surface area contributed by atoms with Crippen molar-refractivity contribution >= 4 is 5.97 Å². The molecule has 3 heteroatoms.